The van der Waals surface area contributed by atoms with Crippen LogP contribution < -0.4 is 5.32 Å². The van der Waals surface area contributed by atoms with Crippen LogP contribution in [0.3, 0.4) is 0 Å². The van der Waals surface area contributed by atoms with E-state index >= 15 is 0 Å². The van der Waals surface area contributed by atoms with Gasteiger partial charge in [0.1, 0.15) is 0 Å². The molecule has 1 aliphatic carbocycles. The van der Waals surface area contributed by atoms with Gasteiger partial charge in [-0.05, 0) is 91.0 Å². The number of rotatable bonds is 11. The monoisotopic (exact) mass is 598 g/mol. The maximum absolute atomic E-state index is 13.8. The van der Waals surface area contributed by atoms with Crippen LogP contribution in [-0.4, -0.2) is 94.3 Å². The third-order valence-electron chi connectivity index (χ3n) is 9.32. The first kappa shape index (κ1) is 33.9. The van der Waals surface area contributed by atoms with Gasteiger partial charge in [-0.2, -0.15) is 5.06 Å². The topological polar surface area (TPSA) is 85.4 Å². The summed E-state index contributed by atoms with van der Waals surface area (Å²) >= 11 is 0. The molecule has 3 fully saturated rings. The Labute approximate surface area is 260 Å². The van der Waals surface area contributed by atoms with Gasteiger partial charge in [0.25, 0.3) is 0 Å². The van der Waals surface area contributed by atoms with Crippen molar-refractivity contribution in [3.8, 4) is 0 Å². The number of aliphatic hydroxyl groups excluding tert-OH is 1. The Morgan fingerprint density at radius 2 is 1.72 bits per heavy atom. The van der Waals surface area contributed by atoms with Gasteiger partial charge >= 0.3 is 0 Å². The van der Waals surface area contributed by atoms with E-state index in [4.69, 9.17) is 4.84 Å². The highest BCUT2D eigenvalue weighted by atomic mass is 16.7. The number of hydrogen-bond donors (Lipinski definition) is 2. The number of carbonyl (C=O) groups excluding carboxylic acids is 2. The fourth-order valence-corrected chi connectivity index (χ4v) is 7.56. The number of hydroxylamine groups is 2. The van der Waals surface area contributed by atoms with Crippen molar-refractivity contribution in [2.24, 2.45) is 17.8 Å². The van der Waals surface area contributed by atoms with Crippen molar-refractivity contribution in [1.82, 2.24) is 20.2 Å². The molecule has 43 heavy (non-hydrogen) atoms. The number of β-amino-alcohol motifs (C(OH)–C–C–N with tert-alkyl or cyclic N) is 1. The van der Waals surface area contributed by atoms with Crippen LogP contribution in [0.2, 0.25) is 0 Å². The Morgan fingerprint density at radius 1 is 1.05 bits per heavy atom. The first-order chi connectivity index (χ1) is 20.2. The van der Waals surface area contributed by atoms with Crippen LogP contribution >= 0.6 is 0 Å². The van der Waals surface area contributed by atoms with Crippen molar-refractivity contribution >= 4 is 11.8 Å². The highest BCUT2D eigenvalue weighted by Crippen LogP contribution is 2.39. The lowest BCUT2D eigenvalue weighted by Gasteiger charge is -2.46. The van der Waals surface area contributed by atoms with Crippen LogP contribution in [-0.2, 0) is 20.8 Å². The summed E-state index contributed by atoms with van der Waals surface area (Å²) in [6, 6.07) is 10.1. The van der Waals surface area contributed by atoms with E-state index in [0.717, 1.165) is 25.8 Å². The number of benzene rings is 1. The van der Waals surface area contributed by atoms with Crippen LogP contribution in [0.25, 0.3) is 0 Å². The number of aliphatic hydroxyl groups is 1. The fraction of sp³-hybridized carbons (Fsp3) is 0.771. The van der Waals surface area contributed by atoms with Gasteiger partial charge in [-0.1, -0.05) is 49.6 Å². The highest BCUT2D eigenvalue weighted by molar-refractivity contribution is 5.83. The fourth-order valence-electron chi connectivity index (χ4n) is 7.56. The number of carbonyl (C=O) groups is 2. The summed E-state index contributed by atoms with van der Waals surface area (Å²) in [7, 11) is 1.93. The van der Waals surface area contributed by atoms with E-state index in [1.54, 1.807) is 0 Å². The number of amides is 2. The molecule has 2 aliphatic heterocycles. The molecule has 1 aromatic carbocycles. The van der Waals surface area contributed by atoms with Crippen molar-refractivity contribution in [3.05, 3.63) is 35.9 Å². The van der Waals surface area contributed by atoms with Gasteiger partial charge in [0.05, 0.1) is 17.7 Å². The molecule has 0 spiro atoms. The second kappa shape index (κ2) is 14.4. The SMILES string of the molecule is CN(CCC1CC(Cc2ccccc2)N(CC(O)CN2C[C@H]3CCCC[C@H]3CC2C(=O)NC(C)(C)C)C1=O)OC(C)(C)C. The Hall–Kier alpha value is -2.00. The minimum Gasteiger partial charge on any atom is -0.390 e. The lowest BCUT2D eigenvalue weighted by molar-refractivity contribution is -0.214. The van der Waals surface area contributed by atoms with Gasteiger partial charge in [0.15, 0.2) is 0 Å². The summed E-state index contributed by atoms with van der Waals surface area (Å²) in [5, 5.41) is 16.6. The molecule has 2 amide bonds. The second-order valence-electron chi connectivity index (χ2n) is 15.5. The third-order valence-corrected chi connectivity index (χ3v) is 9.32. The van der Waals surface area contributed by atoms with Crippen LogP contribution in [0.15, 0.2) is 30.3 Å². The molecule has 8 heteroatoms. The molecule has 242 valence electrons. The molecular weight excluding hydrogens is 540 g/mol. The quantitative estimate of drug-likeness (QED) is 0.361. The van der Waals surface area contributed by atoms with E-state index < -0.39 is 6.10 Å². The molecule has 1 saturated carbocycles. The predicted molar refractivity (Wildman–Crippen MR) is 171 cm³/mol. The summed E-state index contributed by atoms with van der Waals surface area (Å²) in [6.07, 6.45) is 7.27. The average molecular weight is 599 g/mol. The minimum atomic E-state index is -0.724. The molecule has 0 aromatic heterocycles. The zero-order valence-corrected chi connectivity index (χ0v) is 27.8. The third kappa shape index (κ3) is 10.0. The van der Waals surface area contributed by atoms with Gasteiger partial charge in [0.2, 0.25) is 11.8 Å². The smallest absolute Gasteiger partial charge is 0.237 e. The van der Waals surface area contributed by atoms with E-state index in [1.807, 2.05) is 76.8 Å². The highest BCUT2D eigenvalue weighted by Gasteiger charge is 2.43. The van der Waals surface area contributed by atoms with Gasteiger partial charge in [0, 0.05) is 50.7 Å². The van der Waals surface area contributed by atoms with Gasteiger partial charge in [-0.3, -0.25) is 19.3 Å². The zero-order chi connectivity index (χ0) is 31.4. The molecule has 0 bridgehead atoms. The summed E-state index contributed by atoms with van der Waals surface area (Å²) in [5.41, 5.74) is 0.610. The largest absolute Gasteiger partial charge is 0.390 e. The van der Waals surface area contributed by atoms with Crippen molar-refractivity contribution < 1.29 is 19.5 Å². The second-order valence-corrected chi connectivity index (χ2v) is 15.5. The molecule has 8 nitrogen and oxygen atoms in total. The van der Waals surface area contributed by atoms with Gasteiger partial charge in [-0.15, -0.1) is 0 Å². The molecule has 2 saturated heterocycles. The Balaban J connectivity index is 1.45. The Morgan fingerprint density at radius 3 is 2.37 bits per heavy atom. The number of nitrogens with one attached hydrogen (secondary N) is 1. The molecule has 2 heterocycles. The standard InChI is InChI=1S/C35H58N4O4/c1-34(2,3)36-32(41)31-21-26-15-11-12-16-28(26)22-38(31)23-30(40)24-39-29(19-25-13-9-8-10-14-25)20-27(33(39)42)17-18-37(7)43-35(4,5)6/h8-10,13-14,26-31,40H,11-12,15-24H2,1-7H3,(H,36,41)/t26-,27?,28+,29?,30?,31?/m0/s1. The lowest BCUT2D eigenvalue weighted by atomic mass is 9.72. The first-order valence-corrected chi connectivity index (χ1v) is 16.7. The molecule has 3 aliphatic rings. The van der Waals surface area contributed by atoms with Crippen LogP contribution in [0, 0.1) is 17.8 Å². The van der Waals surface area contributed by atoms with E-state index in [1.165, 1.54) is 31.2 Å². The summed E-state index contributed by atoms with van der Waals surface area (Å²) in [6.45, 7) is 14.3. The van der Waals surface area contributed by atoms with E-state index in [0.29, 0.717) is 37.9 Å². The van der Waals surface area contributed by atoms with E-state index in [2.05, 4.69) is 22.3 Å². The lowest BCUT2D eigenvalue weighted by Crippen LogP contribution is -2.59. The Kier molecular flexibility index (Phi) is 11.3. The van der Waals surface area contributed by atoms with Crippen molar-refractivity contribution in [1.29, 1.82) is 0 Å². The molecule has 4 unspecified atom stereocenters. The van der Waals surface area contributed by atoms with Crippen molar-refractivity contribution in [2.45, 2.75) is 122 Å². The minimum absolute atomic E-state index is 0.0347. The maximum Gasteiger partial charge on any atom is 0.237 e. The molecule has 6 atom stereocenters. The molecule has 2 N–H and O–H groups in total. The van der Waals surface area contributed by atoms with Crippen LogP contribution in [0.1, 0.15) is 92.1 Å². The normalized spacial score (nSPS) is 27.8. The van der Waals surface area contributed by atoms with Crippen LogP contribution in [0.4, 0.5) is 0 Å². The molecular formula is C35H58N4O4. The average Bonchev–Trinajstić information content (AvgIpc) is 3.19. The van der Waals surface area contributed by atoms with Gasteiger partial charge in [-0.25, -0.2) is 0 Å². The molecule has 4 rings (SSSR count). The summed E-state index contributed by atoms with van der Waals surface area (Å²) < 4.78 is 0. The molecule has 0 radical (unpaired) electrons. The first-order valence-electron chi connectivity index (χ1n) is 16.7. The van der Waals surface area contributed by atoms with Crippen molar-refractivity contribution in [3.63, 3.8) is 0 Å². The Bertz CT molecular complexity index is 1050. The maximum atomic E-state index is 13.8. The predicted octanol–water partition coefficient (Wildman–Crippen LogP) is 4.65. The van der Waals surface area contributed by atoms with Crippen molar-refractivity contribution in [2.75, 3.05) is 33.2 Å². The summed E-state index contributed by atoms with van der Waals surface area (Å²) in [4.78, 5) is 37.4. The zero-order valence-electron chi connectivity index (χ0n) is 27.8. The number of likely N-dealkylation sites (tertiary alicyclic amines) is 2. The van der Waals surface area contributed by atoms with E-state index in [-0.39, 0.29) is 41.0 Å². The van der Waals surface area contributed by atoms with E-state index in [9.17, 15) is 14.7 Å². The molecule has 1 aromatic rings. The van der Waals surface area contributed by atoms with Gasteiger partial charge < -0.3 is 15.3 Å². The number of fused-ring (bicyclic) bond motifs is 1. The number of hydrogen-bond acceptors (Lipinski definition) is 6. The number of nitrogens with zero attached hydrogens (tertiary/aromatic N) is 3. The van der Waals surface area contributed by atoms with Crippen LogP contribution in [0.5, 0.6) is 0 Å². The number of piperidine rings is 1. The summed E-state index contributed by atoms with van der Waals surface area (Å²) in [5.74, 6) is 1.24.